The highest BCUT2D eigenvalue weighted by atomic mass is 79.9. The highest BCUT2D eigenvalue weighted by molar-refractivity contribution is 9.10. The Hall–Kier alpha value is -0.430. The van der Waals surface area contributed by atoms with Crippen LogP contribution < -0.4 is 4.72 Å². The standard InChI is InChI=1S/C12H14BrNO3S/c13-8-2-1-3-10(6-8)18(15,16)14-11-7-9-4-5-12(11)17-9/h1-3,6,9,11-12,14H,4-5,7H2. The average Bonchev–Trinajstić information content (AvgIpc) is 2.90. The molecule has 3 rings (SSSR count). The van der Waals surface area contributed by atoms with Gasteiger partial charge in [0.25, 0.3) is 0 Å². The molecule has 1 aromatic carbocycles. The molecule has 4 nitrogen and oxygen atoms in total. The van der Waals surface area contributed by atoms with Crippen LogP contribution in [0.4, 0.5) is 0 Å². The lowest BCUT2D eigenvalue weighted by molar-refractivity contribution is 0.0996. The van der Waals surface area contributed by atoms with Gasteiger partial charge in [0.2, 0.25) is 10.0 Å². The Labute approximate surface area is 115 Å². The third-order valence-corrected chi connectivity index (χ3v) is 5.50. The fourth-order valence-corrected chi connectivity index (χ4v) is 4.54. The summed E-state index contributed by atoms with van der Waals surface area (Å²) in [6.07, 6.45) is 3.09. The van der Waals surface area contributed by atoms with Crippen molar-refractivity contribution >= 4 is 26.0 Å². The fraction of sp³-hybridized carbons (Fsp3) is 0.500. The van der Waals surface area contributed by atoms with E-state index in [0.717, 1.165) is 23.7 Å². The van der Waals surface area contributed by atoms with Gasteiger partial charge >= 0.3 is 0 Å². The van der Waals surface area contributed by atoms with E-state index in [9.17, 15) is 8.42 Å². The van der Waals surface area contributed by atoms with E-state index in [1.54, 1.807) is 24.3 Å². The van der Waals surface area contributed by atoms with Crippen molar-refractivity contribution in [3.8, 4) is 0 Å². The molecule has 1 N–H and O–H groups in total. The molecule has 0 aliphatic carbocycles. The van der Waals surface area contributed by atoms with Crippen LogP contribution in [-0.2, 0) is 14.8 Å². The molecule has 2 saturated heterocycles. The maximum atomic E-state index is 12.2. The van der Waals surface area contributed by atoms with Gasteiger partial charge in [0.05, 0.1) is 23.1 Å². The van der Waals surface area contributed by atoms with Crippen LogP contribution in [0.25, 0.3) is 0 Å². The van der Waals surface area contributed by atoms with Crippen molar-refractivity contribution in [3.05, 3.63) is 28.7 Å². The van der Waals surface area contributed by atoms with E-state index in [4.69, 9.17) is 4.74 Å². The molecular formula is C12H14BrNO3S. The molecule has 0 spiro atoms. The van der Waals surface area contributed by atoms with Gasteiger partial charge in [-0.15, -0.1) is 0 Å². The van der Waals surface area contributed by atoms with E-state index in [0.29, 0.717) is 4.90 Å². The first-order valence-corrected chi connectivity index (χ1v) is 8.25. The van der Waals surface area contributed by atoms with Crippen LogP contribution in [0.1, 0.15) is 19.3 Å². The van der Waals surface area contributed by atoms with Gasteiger partial charge in [0, 0.05) is 4.47 Å². The molecule has 1 aromatic rings. The summed E-state index contributed by atoms with van der Waals surface area (Å²) in [4.78, 5) is 0.291. The highest BCUT2D eigenvalue weighted by Crippen LogP contribution is 2.35. The van der Waals surface area contributed by atoms with Crippen LogP contribution in [-0.4, -0.2) is 26.7 Å². The Morgan fingerprint density at radius 1 is 1.33 bits per heavy atom. The lowest BCUT2D eigenvalue weighted by Crippen LogP contribution is -2.41. The van der Waals surface area contributed by atoms with E-state index >= 15 is 0 Å². The van der Waals surface area contributed by atoms with Crippen LogP contribution in [0.2, 0.25) is 0 Å². The first-order valence-electron chi connectivity index (χ1n) is 5.98. The quantitative estimate of drug-likeness (QED) is 0.922. The van der Waals surface area contributed by atoms with Crippen LogP contribution in [0.15, 0.2) is 33.6 Å². The van der Waals surface area contributed by atoms with Crippen LogP contribution in [0.5, 0.6) is 0 Å². The lowest BCUT2D eigenvalue weighted by Gasteiger charge is -2.20. The van der Waals surface area contributed by atoms with Gasteiger partial charge in [0.15, 0.2) is 0 Å². The third kappa shape index (κ3) is 2.34. The number of fused-ring (bicyclic) bond motifs is 2. The topological polar surface area (TPSA) is 55.4 Å². The molecule has 0 radical (unpaired) electrons. The Kier molecular flexibility index (Phi) is 3.21. The molecule has 3 unspecified atom stereocenters. The zero-order chi connectivity index (χ0) is 12.8. The molecule has 2 bridgehead atoms. The minimum atomic E-state index is -3.45. The molecule has 18 heavy (non-hydrogen) atoms. The maximum absolute atomic E-state index is 12.2. The number of sulfonamides is 1. The lowest BCUT2D eigenvalue weighted by atomic mass is 9.96. The minimum Gasteiger partial charge on any atom is -0.373 e. The van der Waals surface area contributed by atoms with Crippen LogP contribution in [0.3, 0.4) is 0 Å². The monoisotopic (exact) mass is 331 g/mol. The van der Waals surface area contributed by atoms with Gasteiger partial charge in [0.1, 0.15) is 0 Å². The van der Waals surface area contributed by atoms with Crippen molar-refractivity contribution < 1.29 is 13.2 Å². The maximum Gasteiger partial charge on any atom is 0.240 e. The zero-order valence-electron chi connectivity index (χ0n) is 9.67. The molecule has 0 aromatic heterocycles. The summed E-state index contributed by atoms with van der Waals surface area (Å²) in [7, 11) is -3.45. The molecule has 3 atom stereocenters. The molecule has 6 heteroatoms. The number of nitrogens with one attached hydrogen (secondary N) is 1. The average molecular weight is 332 g/mol. The van der Waals surface area contributed by atoms with Gasteiger partial charge in [-0.1, -0.05) is 22.0 Å². The van der Waals surface area contributed by atoms with E-state index in [1.807, 2.05) is 0 Å². The summed E-state index contributed by atoms with van der Waals surface area (Å²) in [5, 5.41) is 0. The van der Waals surface area contributed by atoms with Gasteiger partial charge in [-0.3, -0.25) is 0 Å². The Morgan fingerprint density at radius 2 is 2.17 bits per heavy atom. The summed E-state index contributed by atoms with van der Waals surface area (Å²) < 4.78 is 33.6. The molecule has 2 aliphatic heterocycles. The van der Waals surface area contributed by atoms with E-state index < -0.39 is 10.0 Å². The normalized spacial score (nSPS) is 30.8. The van der Waals surface area contributed by atoms with E-state index in [-0.39, 0.29) is 18.2 Å². The van der Waals surface area contributed by atoms with Crippen LogP contribution in [0, 0.1) is 0 Å². The van der Waals surface area contributed by atoms with Crippen molar-refractivity contribution in [3.63, 3.8) is 0 Å². The first-order chi connectivity index (χ1) is 8.54. The number of hydrogen-bond donors (Lipinski definition) is 1. The first kappa shape index (κ1) is 12.6. The molecule has 0 amide bonds. The molecule has 2 heterocycles. The SMILES string of the molecule is O=S(=O)(NC1CC2CCC1O2)c1cccc(Br)c1. The Bertz CT molecular complexity index is 560. The Morgan fingerprint density at radius 3 is 2.78 bits per heavy atom. The predicted molar refractivity (Wildman–Crippen MR) is 70.8 cm³/mol. The smallest absolute Gasteiger partial charge is 0.240 e. The van der Waals surface area contributed by atoms with Gasteiger partial charge < -0.3 is 4.74 Å². The van der Waals surface area contributed by atoms with Crippen molar-refractivity contribution in [1.29, 1.82) is 0 Å². The molecule has 2 aliphatic rings. The summed E-state index contributed by atoms with van der Waals surface area (Å²) in [5.41, 5.74) is 0. The predicted octanol–water partition coefficient (Wildman–Crippen LogP) is 2.05. The summed E-state index contributed by atoms with van der Waals surface area (Å²) in [6.45, 7) is 0. The van der Waals surface area contributed by atoms with Gasteiger partial charge in [-0.25, -0.2) is 13.1 Å². The second-order valence-corrected chi connectivity index (χ2v) is 7.42. The van der Waals surface area contributed by atoms with Crippen LogP contribution >= 0.6 is 15.9 Å². The van der Waals surface area contributed by atoms with Crippen molar-refractivity contribution in [2.45, 2.75) is 42.4 Å². The number of rotatable bonds is 3. The van der Waals surface area contributed by atoms with Gasteiger partial charge in [-0.05, 0) is 37.5 Å². The van der Waals surface area contributed by atoms with E-state index in [1.165, 1.54) is 0 Å². The zero-order valence-corrected chi connectivity index (χ0v) is 12.1. The summed E-state index contributed by atoms with van der Waals surface area (Å²) in [5.74, 6) is 0. The third-order valence-electron chi connectivity index (χ3n) is 3.52. The van der Waals surface area contributed by atoms with Crippen molar-refractivity contribution in [2.75, 3.05) is 0 Å². The van der Waals surface area contributed by atoms with E-state index in [2.05, 4.69) is 20.7 Å². The largest absolute Gasteiger partial charge is 0.373 e. The minimum absolute atomic E-state index is 0.0527. The highest BCUT2D eigenvalue weighted by Gasteiger charge is 2.42. The molecule has 2 fully saturated rings. The number of benzene rings is 1. The second kappa shape index (κ2) is 4.59. The van der Waals surface area contributed by atoms with Gasteiger partial charge in [-0.2, -0.15) is 0 Å². The second-order valence-electron chi connectivity index (χ2n) is 4.79. The summed E-state index contributed by atoms with van der Waals surface area (Å²) in [6, 6.07) is 6.65. The van der Waals surface area contributed by atoms with Crippen molar-refractivity contribution in [1.82, 2.24) is 4.72 Å². The summed E-state index contributed by atoms with van der Waals surface area (Å²) >= 11 is 3.28. The number of ether oxygens (including phenoxy) is 1. The number of hydrogen-bond acceptors (Lipinski definition) is 3. The molecule has 0 saturated carbocycles. The Balaban J connectivity index is 1.79. The molecular weight excluding hydrogens is 318 g/mol. The van der Waals surface area contributed by atoms with Crippen molar-refractivity contribution in [2.24, 2.45) is 0 Å². The molecule has 98 valence electrons. The number of halogens is 1. The fourth-order valence-electron chi connectivity index (χ4n) is 2.66.